The highest BCUT2D eigenvalue weighted by Gasteiger charge is 2.25. The van der Waals surface area contributed by atoms with Crippen molar-refractivity contribution in [2.45, 2.75) is 35.2 Å². The summed E-state index contributed by atoms with van der Waals surface area (Å²) in [6.45, 7) is 2.53. The second-order valence-corrected chi connectivity index (χ2v) is 10.6. The van der Waals surface area contributed by atoms with Crippen molar-refractivity contribution in [1.82, 2.24) is 9.62 Å². The molecule has 0 saturated carbocycles. The highest BCUT2D eigenvalue weighted by Crippen LogP contribution is 2.18. The van der Waals surface area contributed by atoms with E-state index in [1.165, 1.54) is 29.8 Å². The van der Waals surface area contributed by atoms with Crippen molar-refractivity contribution in [1.29, 1.82) is 0 Å². The van der Waals surface area contributed by atoms with Gasteiger partial charge in [0.15, 0.2) is 9.84 Å². The number of nitrogens with zero attached hydrogens (tertiary/aromatic N) is 1. The number of sulfone groups is 1. The molecule has 146 valence electrons. The van der Waals surface area contributed by atoms with Crippen LogP contribution in [0, 0.1) is 0 Å². The standard InChI is InChI=1S/C19H24N2O4S2/c1-26(22,23)18-7-9-19(10-8-18)27(24,25)20-17-11-13-21(14-12-17)15-16-5-3-2-4-6-16/h2-10,17,20H,11-15H2,1H3. The summed E-state index contributed by atoms with van der Waals surface area (Å²) >= 11 is 0. The molecular formula is C19H24N2O4S2. The molecule has 0 spiro atoms. The molecule has 1 aliphatic heterocycles. The van der Waals surface area contributed by atoms with Crippen molar-refractivity contribution in [2.75, 3.05) is 19.3 Å². The molecule has 0 unspecified atom stereocenters. The van der Waals surface area contributed by atoms with E-state index in [1.807, 2.05) is 18.2 Å². The van der Waals surface area contributed by atoms with Gasteiger partial charge in [-0.3, -0.25) is 4.90 Å². The van der Waals surface area contributed by atoms with Crippen LogP contribution in [0.25, 0.3) is 0 Å². The summed E-state index contributed by atoms with van der Waals surface area (Å²) in [6, 6.07) is 15.4. The Morgan fingerprint density at radius 2 is 1.44 bits per heavy atom. The third-order valence-corrected chi connectivity index (χ3v) is 7.39. The Morgan fingerprint density at radius 1 is 0.889 bits per heavy atom. The maximum Gasteiger partial charge on any atom is 0.240 e. The van der Waals surface area contributed by atoms with Gasteiger partial charge in [0.1, 0.15) is 0 Å². The van der Waals surface area contributed by atoms with Gasteiger partial charge >= 0.3 is 0 Å². The summed E-state index contributed by atoms with van der Waals surface area (Å²) in [5.41, 5.74) is 1.25. The number of nitrogens with one attached hydrogen (secondary N) is 1. The van der Waals surface area contributed by atoms with Gasteiger partial charge in [0, 0.05) is 31.9 Å². The number of hydrogen-bond acceptors (Lipinski definition) is 5. The van der Waals surface area contributed by atoms with Crippen LogP contribution < -0.4 is 4.72 Å². The van der Waals surface area contributed by atoms with Gasteiger partial charge in [-0.1, -0.05) is 30.3 Å². The molecule has 27 heavy (non-hydrogen) atoms. The lowest BCUT2D eigenvalue weighted by Gasteiger charge is -2.32. The van der Waals surface area contributed by atoms with E-state index in [4.69, 9.17) is 0 Å². The zero-order chi connectivity index (χ0) is 19.5. The predicted molar refractivity (Wildman–Crippen MR) is 105 cm³/mol. The lowest BCUT2D eigenvalue weighted by molar-refractivity contribution is 0.200. The van der Waals surface area contributed by atoms with Gasteiger partial charge in [0.05, 0.1) is 9.79 Å². The van der Waals surface area contributed by atoms with E-state index < -0.39 is 19.9 Å². The maximum atomic E-state index is 12.6. The summed E-state index contributed by atoms with van der Waals surface area (Å²) in [6.07, 6.45) is 2.58. The molecule has 1 aliphatic rings. The van der Waals surface area contributed by atoms with E-state index in [0.717, 1.165) is 38.7 Å². The summed E-state index contributed by atoms with van der Waals surface area (Å²) < 4.78 is 50.9. The molecule has 0 aromatic heterocycles. The maximum absolute atomic E-state index is 12.6. The van der Waals surface area contributed by atoms with E-state index >= 15 is 0 Å². The first-order valence-electron chi connectivity index (χ1n) is 8.83. The summed E-state index contributed by atoms with van der Waals surface area (Å²) in [7, 11) is -7.01. The lowest BCUT2D eigenvalue weighted by atomic mass is 10.1. The number of piperidine rings is 1. The van der Waals surface area contributed by atoms with Crippen molar-refractivity contribution in [3.05, 3.63) is 60.2 Å². The van der Waals surface area contributed by atoms with Gasteiger partial charge in [0.2, 0.25) is 10.0 Å². The molecule has 8 heteroatoms. The number of sulfonamides is 1. The second-order valence-electron chi connectivity index (χ2n) is 6.90. The van der Waals surface area contributed by atoms with Gasteiger partial charge < -0.3 is 0 Å². The molecule has 1 heterocycles. The Balaban J connectivity index is 1.57. The predicted octanol–water partition coefficient (Wildman–Crippen LogP) is 2.03. The molecular weight excluding hydrogens is 384 g/mol. The van der Waals surface area contributed by atoms with E-state index in [-0.39, 0.29) is 15.8 Å². The Morgan fingerprint density at radius 3 is 2.00 bits per heavy atom. The van der Waals surface area contributed by atoms with Crippen LogP contribution in [0.15, 0.2) is 64.4 Å². The SMILES string of the molecule is CS(=O)(=O)c1ccc(S(=O)(=O)NC2CCN(Cc3ccccc3)CC2)cc1. The minimum absolute atomic E-state index is 0.0848. The van der Waals surface area contributed by atoms with Crippen LogP contribution in [-0.4, -0.2) is 47.1 Å². The fourth-order valence-electron chi connectivity index (χ4n) is 3.20. The largest absolute Gasteiger partial charge is 0.299 e. The number of benzene rings is 2. The third kappa shape index (κ3) is 5.38. The van der Waals surface area contributed by atoms with Gasteiger partial charge in [-0.15, -0.1) is 0 Å². The quantitative estimate of drug-likeness (QED) is 0.791. The average Bonchev–Trinajstić information content (AvgIpc) is 2.63. The van der Waals surface area contributed by atoms with Crippen molar-refractivity contribution in [3.8, 4) is 0 Å². The summed E-state index contributed by atoms with van der Waals surface area (Å²) in [5, 5.41) is 0. The minimum atomic E-state index is -3.66. The van der Waals surface area contributed by atoms with E-state index in [0.29, 0.717) is 0 Å². The fraction of sp³-hybridized carbons (Fsp3) is 0.368. The number of rotatable bonds is 6. The van der Waals surface area contributed by atoms with Crippen LogP contribution in [-0.2, 0) is 26.4 Å². The smallest absolute Gasteiger partial charge is 0.240 e. The van der Waals surface area contributed by atoms with Gasteiger partial charge in [-0.05, 0) is 42.7 Å². The van der Waals surface area contributed by atoms with Crippen LogP contribution in [0.3, 0.4) is 0 Å². The van der Waals surface area contributed by atoms with Crippen LogP contribution in [0.1, 0.15) is 18.4 Å². The monoisotopic (exact) mass is 408 g/mol. The molecule has 1 N–H and O–H groups in total. The molecule has 0 radical (unpaired) electrons. The van der Waals surface area contributed by atoms with Crippen molar-refractivity contribution in [2.24, 2.45) is 0 Å². The number of likely N-dealkylation sites (tertiary alicyclic amines) is 1. The highest BCUT2D eigenvalue weighted by atomic mass is 32.2. The van der Waals surface area contributed by atoms with Crippen molar-refractivity contribution >= 4 is 19.9 Å². The van der Waals surface area contributed by atoms with E-state index in [9.17, 15) is 16.8 Å². The van der Waals surface area contributed by atoms with Crippen molar-refractivity contribution in [3.63, 3.8) is 0 Å². The molecule has 6 nitrogen and oxygen atoms in total. The first kappa shape index (κ1) is 20.0. The third-order valence-electron chi connectivity index (χ3n) is 4.72. The van der Waals surface area contributed by atoms with E-state index in [1.54, 1.807) is 0 Å². The molecule has 1 saturated heterocycles. The first-order chi connectivity index (χ1) is 12.7. The summed E-state index contributed by atoms with van der Waals surface area (Å²) in [5.74, 6) is 0. The Bertz CT molecular complexity index is 964. The van der Waals surface area contributed by atoms with Crippen LogP contribution in [0.5, 0.6) is 0 Å². The molecule has 0 bridgehead atoms. The van der Waals surface area contributed by atoms with Crippen molar-refractivity contribution < 1.29 is 16.8 Å². The molecule has 1 fully saturated rings. The molecule has 0 amide bonds. The average molecular weight is 409 g/mol. The molecule has 0 aliphatic carbocycles. The fourth-order valence-corrected chi connectivity index (χ4v) is 5.14. The summed E-state index contributed by atoms with van der Waals surface area (Å²) in [4.78, 5) is 2.51. The normalized spacial score (nSPS) is 17.1. The Kier molecular flexibility index (Phi) is 6.00. The molecule has 2 aromatic rings. The lowest BCUT2D eigenvalue weighted by Crippen LogP contribution is -2.44. The van der Waals surface area contributed by atoms with Crippen LogP contribution >= 0.6 is 0 Å². The highest BCUT2D eigenvalue weighted by molar-refractivity contribution is 7.90. The number of hydrogen-bond donors (Lipinski definition) is 1. The zero-order valence-electron chi connectivity index (χ0n) is 15.2. The van der Waals surface area contributed by atoms with Gasteiger partial charge in [-0.2, -0.15) is 0 Å². The Hall–Kier alpha value is -1.74. The molecule has 2 aromatic carbocycles. The van der Waals surface area contributed by atoms with E-state index in [2.05, 4.69) is 21.8 Å². The minimum Gasteiger partial charge on any atom is -0.299 e. The van der Waals surface area contributed by atoms with Crippen LogP contribution in [0.4, 0.5) is 0 Å². The topological polar surface area (TPSA) is 83.5 Å². The first-order valence-corrected chi connectivity index (χ1v) is 12.2. The molecule has 0 atom stereocenters. The Labute approximate surface area is 161 Å². The van der Waals surface area contributed by atoms with Crippen LogP contribution in [0.2, 0.25) is 0 Å². The second kappa shape index (κ2) is 8.10. The van der Waals surface area contributed by atoms with Gasteiger partial charge in [-0.25, -0.2) is 21.6 Å². The van der Waals surface area contributed by atoms with Gasteiger partial charge in [0.25, 0.3) is 0 Å². The zero-order valence-corrected chi connectivity index (χ0v) is 16.8. The molecule has 3 rings (SSSR count).